The number of benzene rings is 1. The van der Waals surface area contributed by atoms with E-state index in [4.69, 9.17) is 4.42 Å². The molecule has 0 saturated carbocycles. The van der Waals surface area contributed by atoms with Crippen LogP contribution >= 0.6 is 0 Å². The summed E-state index contributed by atoms with van der Waals surface area (Å²) in [5, 5.41) is 3.75. The van der Waals surface area contributed by atoms with Crippen molar-refractivity contribution in [2.24, 2.45) is 0 Å². The van der Waals surface area contributed by atoms with Crippen LogP contribution < -0.4 is 5.32 Å². The maximum atomic E-state index is 5.56. The molecule has 2 nitrogen and oxygen atoms in total. The molecule has 0 bridgehead atoms. The maximum Gasteiger partial charge on any atom is 0.108 e. The molecule has 1 aromatic heterocycles. The van der Waals surface area contributed by atoms with Gasteiger partial charge in [-0.3, -0.25) is 0 Å². The van der Waals surface area contributed by atoms with Crippen molar-refractivity contribution in [2.45, 2.75) is 51.6 Å². The lowest BCUT2D eigenvalue weighted by atomic mass is 9.92. The minimum atomic E-state index is 0.367. The highest BCUT2D eigenvalue weighted by molar-refractivity contribution is 5.27. The number of nitrogens with one attached hydrogen (secondary N) is 1. The fraction of sp³-hybridized carbons (Fsp3) is 0.444. The van der Waals surface area contributed by atoms with Gasteiger partial charge >= 0.3 is 0 Å². The van der Waals surface area contributed by atoms with Crippen molar-refractivity contribution in [3.8, 4) is 0 Å². The van der Waals surface area contributed by atoms with Gasteiger partial charge in [0, 0.05) is 24.1 Å². The molecule has 2 aromatic rings. The second-order valence-electron chi connectivity index (χ2n) is 5.73. The Morgan fingerprint density at radius 3 is 2.80 bits per heavy atom. The normalized spacial score (nSPS) is 19.6. The Morgan fingerprint density at radius 2 is 2.05 bits per heavy atom. The minimum absolute atomic E-state index is 0.367. The SMILES string of the molecule is CCc1ccc(C(C)NC2CCCc3occc32)cc1. The van der Waals surface area contributed by atoms with E-state index < -0.39 is 0 Å². The van der Waals surface area contributed by atoms with Crippen LogP contribution in [0, 0.1) is 0 Å². The summed E-state index contributed by atoms with van der Waals surface area (Å²) in [6.45, 7) is 4.44. The number of hydrogen-bond donors (Lipinski definition) is 1. The molecule has 1 aliphatic carbocycles. The molecule has 20 heavy (non-hydrogen) atoms. The van der Waals surface area contributed by atoms with E-state index in [9.17, 15) is 0 Å². The van der Waals surface area contributed by atoms with Gasteiger partial charge in [0.25, 0.3) is 0 Å². The Morgan fingerprint density at radius 1 is 1.25 bits per heavy atom. The summed E-state index contributed by atoms with van der Waals surface area (Å²) in [6, 6.07) is 11.9. The molecule has 0 saturated heterocycles. The average Bonchev–Trinajstić information content (AvgIpc) is 2.97. The first kappa shape index (κ1) is 13.4. The van der Waals surface area contributed by atoms with Crippen LogP contribution in [-0.2, 0) is 12.8 Å². The molecule has 106 valence electrons. The molecule has 0 radical (unpaired) electrons. The first-order valence-corrected chi connectivity index (χ1v) is 7.69. The molecule has 1 N–H and O–H groups in total. The molecule has 0 aliphatic heterocycles. The summed E-state index contributed by atoms with van der Waals surface area (Å²) in [6.07, 6.45) is 6.41. The van der Waals surface area contributed by atoms with Crippen LogP contribution in [0.3, 0.4) is 0 Å². The van der Waals surface area contributed by atoms with Crippen molar-refractivity contribution < 1.29 is 4.42 Å². The van der Waals surface area contributed by atoms with E-state index in [-0.39, 0.29) is 0 Å². The number of furan rings is 1. The van der Waals surface area contributed by atoms with Gasteiger partial charge in [-0.05, 0) is 43.4 Å². The van der Waals surface area contributed by atoms with Crippen molar-refractivity contribution in [1.29, 1.82) is 0 Å². The molecule has 2 atom stereocenters. The minimum Gasteiger partial charge on any atom is -0.469 e. The Kier molecular flexibility index (Phi) is 3.93. The van der Waals surface area contributed by atoms with E-state index >= 15 is 0 Å². The fourth-order valence-corrected chi connectivity index (χ4v) is 3.10. The summed E-state index contributed by atoms with van der Waals surface area (Å²) >= 11 is 0. The van der Waals surface area contributed by atoms with Crippen molar-refractivity contribution in [1.82, 2.24) is 5.32 Å². The maximum absolute atomic E-state index is 5.56. The van der Waals surface area contributed by atoms with E-state index in [0.717, 1.165) is 12.8 Å². The predicted molar refractivity (Wildman–Crippen MR) is 81.8 cm³/mol. The van der Waals surface area contributed by atoms with Crippen molar-refractivity contribution in [3.05, 3.63) is 59.0 Å². The van der Waals surface area contributed by atoms with Gasteiger partial charge in [-0.2, -0.15) is 0 Å². The summed E-state index contributed by atoms with van der Waals surface area (Å²) in [5.41, 5.74) is 4.11. The van der Waals surface area contributed by atoms with E-state index in [0.29, 0.717) is 12.1 Å². The van der Waals surface area contributed by atoms with E-state index in [1.54, 1.807) is 0 Å². The van der Waals surface area contributed by atoms with E-state index in [1.165, 1.54) is 35.3 Å². The second-order valence-corrected chi connectivity index (χ2v) is 5.73. The molecule has 2 heteroatoms. The summed E-state index contributed by atoms with van der Waals surface area (Å²) in [4.78, 5) is 0. The Labute approximate surface area is 121 Å². The average molecular weight is 269 g/mol. The first-order valence-electron chi connectivity index (χ1n) is 7.69. The highest BCUT2D eigenvalue weighted by Gasteiger charge is 2.23. The molecule has 0 amide bonds. The third kappa shape index (κ3) is 2.66. The van der Waals surface area contributed by atoms with Gasteiger partial charge in [-0.25, -0.2) is 0 Å². The Balaban J connectivity index is 1.71. The van der Waals surface area contributed by atoms with Crippen molar-refractivity contribution >= 4 is 0 Å². The molecule has 1 heterocycles. The lowest BCUT2D eigenvalue weighted by molar-refractivity contribution is 0.385. The fourth-order valence-electron chi connectivity index (χ4n) is 3.10. The number of rotatable bonds is 4. The molecule has 2 unspecified atom stereocenters. The first-order chi connectivity index (χ1) is 9.78. The van der Waals surface area contributed by atoms with Crippen molar-refractivity contribution in [3.63, 3.8) is 0 Å². The van der Waals surface area contributed by atoms with Crippen LogP contribution in [0.5, 0.6) is 0 Å². The van der Waals surface area contributed by atoms with Crippen LogP contribution in [0.4, 0.5) is 0 Å². The lowest BCUT2D eigenvalue weighted by Crippen LogP contribution is -2.27. The zero-order chi connectivity index (χ0) is 13.9. The van der Waals surface area contributed by atoms with Crippen LogP contribution in [0.1, 0.15) is 61.2 Å². The Hall–Kier alpha value is -1.54. The summed E-state index contributed by atoms with van der Waals surface area (Å²) < 4.78 is 5.56. The largest absolute Gasteiger partial charge is 0.469 e. The van der Waals surface area contributed by atoms with Gasteiger partial charge in [0.05, 0.1) is 6.26 Å². The third-order valence-corrected chi connectivity index (χ3v) is 4.39. The van der Waals surface area contributed by atoms with Gasteiger partial charge in [0.15, 0.2) is 0 Å². The monoisotopic (exact) mass is 269 g/mol. The quantitative estimate of drug-likeness (QED) is 0.879. The van der Waals surface area contributed by atoms with Gasteiger partial charge in [-0.15, -0.1) is 0 Å². The number of aryl methyl sites for hydroxylation is 2. The third-order valence-electron chi connectivity index (χ3n) is 4.39. The predicted octanol–water partition coefficient (Wildman–Crippen LogP) is 4.57. The number of fused-ring (bicyclic) bond motifs is 1. The van der Waals surface area contributed by atoms with E-state index in [1.807, 2.05) is 6.26 Å². The smallest absolute Gasteiger partial charge is 0.108 e. The van der Waals surface area contributed by atoms with Gasteiger partial charge in [0.1, 0.15) is 5.76 Å². The number of hydrogen-bond acceptors (Lipinski definition) is 2. The van der Waals surface area contributed by atoms with Crippen LogP contribution in [0.2, 0.25) is 0 Å². The molecular formula is C18H23NO. The zero-order valence-corrected chi connectivity index (χ0v) is 12.4. The highest BCUT2D eigenvalue weighted by atomic mass is 16.3. The Bertz CT molecular complexity index is 555. The van der Waals surface area contributed by atoms with Gasteiger partial charge < -0.3 is 9.73 Å². The summed E-state index contributed by atoms with van der Waals surface area (Å²) in [7, 11) is 0. The molecule has 1 aromatic carbocycles. The standard InChI is InChI=1S/C18H23NO/c1-3-14-7-9-15(10-8-14)13(2)19-17-5-4-6-18-16(17)11-12-20-18/h7-13,17,19H,3-6H2,1-2H3. The van der Waals surface area contributed by atoms with Crippen LogP contribution in [0.25, 0.3) is 0 Å². The topological polar surface area (TPSA) is 25.2 Å². The van der Waals surface area contributed by atoms with Gasteiger partial charge in [-0.1, -0.05) is 31.2 Å². The summed E-state index contributed by atoms with van der Waals surface area (Å²) in [5.74, 6) is 1.17. The molecular weight excluding hydrogens is 246 g/mol. The van der Waals surface area contributed by atoms with E-state index in [2.05, 4.69) is 49.5 Å². The lowest BCUT2D eigenvalue weighted by Gasteiger charge is -2.26. The van der Waals surface area contributed by atoms with Crippen molar-refractivity contribution in [2.75, 3.05) is 0 Å². The molecule has 3 rings (SSSR count). The van der Waals surface area contributed by atoms with Crippen LogP contribution in [0.15, 0.2) is 41.0 Å². The zero-order valence-electron chi connectivity index (χ0n) is 12.4. The highest BCUT2D eigenvalue weighted by Crippen LogP contribution is 2.32. The second kappa shape index (κ2) is 5.84. The molecule has 1 aliphatic rings. The molecule has 0 spiro atoms. The van der Waals surface area contributed by atoms with Gasteiger partial charge in [0.2, 0.25) is 0 Å². The van der Waals surface area contributed by atoms with Crippen LogP contribution in [-0.4, -0.2) is 0 Å². The molecule has 0 fully saturated rings.